The van der Waals surface area contributed by atoms with Crippen LogP contribution in [-0.4, -0.2) is 40.1 Å². The normalized spacial score (nSPS) is 17.2. The van der Waals surface area contributed by atoms with Gasteiger partial charge in [-0.3, -0.25) is 9.78 Å². The number of aliphatic carboxylic acids is 1. The minimum absolute atomic E-state index is 0.242. The minimum Gasteiger partial charge on any atom is -0.481 e. The first kappa shape index (κ1) is 17.0. The number of likely N-dealkylation sites (tertiary alicyclic amines) is 1. The number of carbonyl (C=O) groups is 2. The van der Waals surface area contributed by atoms with Crippen LogP contribution in [-0.2, 0) is 4.79 Å². The van der Waals surface area contributed by atoms with Gasteiger partial charge in [0.15, 0.2) is 0 Å². The van der Waals surface area contributed by atoms with Crippen molar-refractivity contribution < 1.29 is 14.7 Å². The van der Waals surface area contributed by atoms with E-state index in [2.05, 4.69) is 10.3 Å². The largest absolute Gasteiger partial charge is 0.481 e. The predicted molar refractivity (Wildman–Crippen MR) is 95.4 cm³/mol. The summed E-state index contributed by atoms with van der Waals surface area (Å²) >= 11 is 0. The number of nitrogens with zero attached hydrogens (tertiary/aromatic N) is 2. The van der Waals surface area contributed by atoms with Gasteiger partial charge in [-0.05, 0) is 31.4 Å². The van der Waals surface area contributed by atoms with Crippen LogP contribution in [0.3, 0.4) is 0 Å². The lowest BCUT2D eigenvalue weighted by Gasteiger charge is -2.30. The summed E-state index contributed by atoms with van der Waals surface area (Å²) in [7, 11) is 0. The zero-order valence-corrected chi connectivity index (χ0v) is 14.1. The molecule has 1 aliphatic rings. The number of hydrogen-bond acceptors (Lipinski definition) is 3. The van der Waals surface area contributed by atoms with Crippen molar-refractivity contribution in [2.24, 2.45) is 5.92 Å². The molecule has 130 valence electrons. The van der Waals surface area contributed by atoms with Gasteiger partial charge >= 0.3 is 12.0 Å². The van der Waals surface area contributed by atoms with Crippen molar-refractivity contribution >= 4 is 17.7 Å². The van der Waals surface area contributed by atoms with Gasteiger partial charge in [0.1, 0.15) is 0 Å². The minimum atomic E-state index is -0.846. The van der Waals surface area contributed by atoms with Crippen molar-refractivity contribution in [1.82, 2.24) is 9.88 Å². The molecule has 1 atom stereocenters. The summed E-state index contributed by atoms with van der Waals surface area (Å²) in [5.41, 5.74) is 3.31. The SMILES string of the molecule is Cc1ncc(-c2ccccc2)cc1NC(=O)N1CCCC(C(=O)O)C1. The predicted octanol–water partition coefficient (Wildman–Crippen LogP) is 3.39. The van der Waals surface area contributed by atoms with Crippen molar-refractivity contribution in [2.45, 2.75) is 19.8 Å². The molecule has 1 aromatic heterocycles. The van der Waals surface area contributed by atoms with E-state index in [9.17, 15) is 9.59 Å². The van der Waals surface area contributed by atoms with Crippen molar-refractivity contribution in [2.75, 3.05) is 18.4 Å². The van der Waals surface area contributed by atoms with Crippen molar-refractivity contribution in [3.8, 4) is 11.1 Å². The van der Waals surface area contributed by atoms with Gasteiger partial charge in [0.2, 0.25) is 0 Å². The van der Waals surface area contributed by atoms with Crippen molar-refractivity contribution in [3.05, 3.63) is 48.3 Å². The van der Waals surface area contributed by atoms with Crippen LogP contribution in [0.5, 0.6) is 0 Å². The second-order valence-electron chi connectivity index (χ2n) is 6.28. The molecule has 2 amide bonds. The second kappa shape index (κ2) is 7.34. The Hall–Kier alpha value is -2.89. The Morgan fingerprint density at radius 2 is 2.00 bits per heavy atom. The van der Waals surface area contributed by atoms with Crippen molar-refractivity contribution in [3.63, 3.8) is 0 Å². The number of benzene rings is 1. The van der Waals surface area contributed by atoms with E-state index in [-0.39, 0.29) is 12.6 Å². The van der Waals surface area contributed by atoms with E-state index >= 15 is 0 Å². The lowest BCUT2D eigenvalue weighted by molar-refractivity contribution is -0.143. The lowest BCUT2D eigenvalue weighted by atomic mass is 9.99. The van der Waals surface area contributed by atoms with Gasteiger partial charge in [0, 0.05) is 24.8 Å². The Bertz CT molecular complexity index is 777. The van der Waals surface area contributed by atoms with Gasteiger partial charge in [-0.25, -0.2) is 4.79 Å². The Kier molecular flexibility index (Phi) is 4.97. The molecule has 6 nitrogen and oxygen atoms in total. The first-order chi connectivity index (χ1) is 12.0. The van der Waals surface area contributed by atoms with Gasteiger partial charge in [0.05, 0.1) is 17.3 Å². The van der Waals surface area contributed by atoms with E-state index in [4.69, 9.17) is 5.11 Å². The van der Waals surface area contributed by atoms with Gasteiger partial charge < -0.3 is 15.3 Å². The number of hydrogen-bond donors (Lipinski definition) is 2. The third-order valence-corrected chi connectivity index (χ3v) is 4.49. The van der Waals surface area contributed by atoms with Crippen LogP contribution in [0.2, 0.25) is 0 Å². The number of aromatic nitrogens is 1. The molecule has 1 saturated heterocycles. The third-order valence-electron chi connectivity index (χ3n) is 4.49. The molecule has 0 spiro atoms. The molecule has 0 bridgehead atoms. The Morgan fingerprint density at radius 1 is 1.24 bits per heavy atom. The molecule has 1 aromatic carbocycles. The fourth-order valence-electron chi connectivity index (χ4n) is 3.01. The number of carboxylic acids is 1. The quantitative estimate of drug-likeness (QED) is 0.898. The number of amides is 2. The fourth-order valence-corrected chi connectivity index (χ4v) is 3.01. The van der Waals surface area contributed by atoms with Crippen LogP contribution >= 0.6 is 0 Å². The smallest absolute Gasteiger partial charge is 0.321 e. The van der Waals surface area contributed by atoms with Crippen LogP contribution in [0.1, 0.15) is 18.5 Å². The maximum absolute atomic E-state index is 12.5. The summed E-state index contributed by atoms with van der Waals surface area (Å²) in [6, 6.07) is 11.4. The first-order valence-electron chi connectivity index (χ1n) is 8.35. The van der Waals surface area contributed by atoms with Gasteiger partial charge in [-0.2, -0.15) is 0 Å². The fraction of sp³-hybridized carbons (Fsp3) is 0.316. The average molecular weight is 339 g/mol. The van der Waals surface area contributed by atoms with Gasteiger partial charge in [0.25, 0.3) is 0 Å². The molecule has 6 heteroatoms. The Balaban J connectivity index is 1.76. The van der Waals surface area contributed by atoms with E-state index < -0.39 is 11.9 Å². The lowest BCUT2D eigenvalue weighted by Crippen LogP contribution is -2.44. The molecular weight excluding hydrogens is 318 g/mol. The summed E-state index contributed by atoms with van der Waals surface area (Å²) in [6.45, 7) is 2.65. The number of pyridine rings is 1. The maximum atomic E-state index is 12.5. The van der Waals surface area contributed by atoms with Gasteiger partial charge in [-0.15, -0.1) is 0 Å². The number of urea groups is 1. The summed E-state index contributed by atoms with van der Waals surface area (Å²) in [5.74, 6) is -1.34. The highest BCUT2D eigenvalue weighted by atomic mass is 16.4. The molecule has 1 fully saturated rings. The van der Waals surface area contributed by atoms with E-state index in [1.165, 1.54) is 0 Å². The highest BCUT2D eigenvalue weighted by Gasteiger charge is 2.28. The summed E-state index contributed by atoms with van der Waals surface area (Å²) in [5, 5.41) is 12.0. The monoisotopic (exact) mass is 339 g/mol. The van der Waals surface area contributed by atoms with Crippen LogP contribution < -0.4 is 5.32 Å². The summed E-state index contributed by atoms with van der Waals surface area (Å²) < 4.78 is 0. The number of nitrogens with one attached hydrogen (secondary N) is 1. The van der Waals surface area contributed by atoms with Crippen LogP contribution in [0, 0.1) is 12.8 Å². The molecule has 2 N–H and O–H groups in total. The van der Waals surface area contributed by atoms with Crippen molar-refractivity contribution in [1.29, 1.82) is 0 Å². The van der Waals surface area contributed by atoms with E-state index in [0.29, 0.717) is 25.1 Å². The topological polar surface area (TPSA) is 82.5 Å². The Morgan fingerprint density at radius 3 is 2.72 bits per heavy atom. The molecular formula is C19H21N3O3. The molecule has 0 saturated carbocycles. The molecule has 3 rings (SSSR count). The van der Waals surface area contributed by atoms with Crippen LogP contribution in [0.4, 0.5) is 10.5 Å². The standard InChI is InChI=1S/C19H21N3O3/c1-13-17(10-16(11-20-13)14-6-3-2-4-7-14)21-19(25)22-9-5-8-15(12-22)18(23)24/h2-4,6-7,10-11,15H,5,8-9,12H2,1H3,(H,21,25)(H,23,24). The molecule has 25 heavy (non-hydrogen) atoms. The molecule has 0 aliphatic carbocycles. The number of carboxylic acid groups (broad SMARTS) is 1. The van der Waals surface area contributed by atoms with Gasteiger partial charge in [-0.1, -0.05) is 30.3 Å². The molecule has 1 unspecified atom stereocenters. The van der Waals surface area contributed by atoms with Crippen LogP contribution in [0.25, 0.3) is 11.1 Å². The molecule has 0 radical (unpaired) electrons. The maximum Gasteiger partial charge on any atom is 0.321 e. The number of piperidine rings is 1. The second-order valence-corrected chi connectivity index (χ2v) is 6.28. The Labute approximate surface area is 146 Å². The van der Waals surface area contributed by atoms with Crippen LogP contribution in [0.15, 0.2) is 42.6 Å². The molecule has 1 aliphatic heterocycles. The third kappa shape index (κ3) is 3.96. The summed E-state index contributed by atoms with van der Waals surface area (Å²) in [6.07, 6.45) is 3.09. The highest BCUT2D eigenvalue weighted by Crippen LogP contribution is 2.24. The van der Waals surface area contributed by atoms with E-state index in [0.717, 1.165) is 16.8 Å². The number of anilines is 1. The molecule has 2 aromatic rings. The van der Waals surface area contributed by atoms with E-state index in [1.807, 2.05) is 43.3 Å². The number of rotatable bonds is 3. The zero-order valence-electron chi connectivity index (χ0n) is 14.1. The zero-order chi connectivity index (χ0) is 17.8. The highest BCUT2D eigenvalue weighted by molar-refractivity contribution is 5.91. The average Bonchev–Trinajstić information content (AvgIpc) is 2.64. The number of carbonyl (C=O) groups excluding carboxylic acids is 1. The molecule has 2 heterocycles. The summed E-state index contributed by atoms with van der Waals surface area (Å²) in [4.78, 5) is 29.6. The van der Waals surface area contributed by atoms with E-state index in [1.54, 1.807) is 11.1 Å². The first-order valence-corrected chi connectivity index (χ1v) is 8.35. The number of aryl methyl sites for hydroxylation is 1.